The fourth-order valence-corrected chi connectivity index (χ4v) is 2.57. The Hall–Kier alpha value is -0.670. The first-order valence-electron chi connectivity index (χ1n) is 4.79. The zero-order valence-electron chi connectivity index (χ0n) is 8.30. The summed E-state index contributed by atoms with van der Waals surface area (Å²) in [7, 11) is 0. The van der Waals surface area contributed by atoms with E-state index in [1.165, 1.54) is 6.07 Å². The van der Waals surface area contributed by atoms with Gasteiger partial charge in [-0.1, -0.05) is 40.7 Å². The first-order chi connectivity index (χ1) is 7.18. The van der Waals surface area contributed by atoms with Gasteiger partial charge in [0.25, 0.3) is 0 Å². The van der Waals surface area contributed by atoms with Crippen molar-refractivity contribution in [2.24, 2.45) is 0 Å². The van der Waals surface area contributed by atoms with E-state index in [4.69, 9.17) is 4.74 Å². The van der Waals surface area contributed by atoms with Gasteiger partial charge < -0.3 is 4.74 Å². The van der Waals surface area contributed by atoms with Crippen molar-refractivity contribution in [2.75, 3.05) is 11.9 Å². The Balaban J connectivity index is 2.43. The lowest BCUT2D eigenvalue weighted by atomic mass is 9.91. The smallest absolute Gasteiger partial charge is 0.129 e. The van der Waals surface area contributed by atoms with E-state index in [0.29, 0.717) is 23.9 Å². The van der Waals surface area contributed by atoms with Crippen molar-refractivity contribution in [1.82, 2.24) is 0 Å². The van der Waals surface area contributed by atoms with Gasteiger partial charge in [0.2, 0.25) is 0 Å². The number of hydrogen-bond donors (Lipinski definition) is 0. The Labute approximate surface area is 97.1 Å². The van der Waals surface area contributed by atoms with E-state index in [0.717, 1.165) is 5.57 Å². The molecule has 0 bridgehead atoms. The fraction of sp³-hybridized carbons (Fsp3) is 0.333. The molecule has 3 heteroatoms. The van der Waals surface area contributed by atoms with E-state index in [1.807, 2.05) is 6.07 Å². The lowest BCUT2D eigenvalue weighted by molar-refractivity contribution is 0.0202. The first kappa shape index (κ1) is 10.8. The average molecular weight is 271 g/mol. The summed E-state index contributed by atoms with van der Waals surface area (Å²) in [4.78, 5) is 0. The molecule has 0 amide bonds. The highest BCUT2D eigenvalue weighted by atomic mass is 79.9. The molecule has 15 heavy (non-hydrogen) atoms. The second-order valence-corrected chi connectivity index (χ2v) is 4.38. The van der Waals surface area contributed by atoms with Crippen LogP contribution in [0.25, 0.3) is 0 Å². The number of alkyl halides is 1. The second kappa shape index (κ2) is 4.06. The molecule has 0 aliphatic carbocycles. The predicted molar refractivity (Wildman–Crippen MR) is 61.6 cm³/mol. The molecular weight excluding hydrogens is 259 g/mol. The number of halogens is 2. The minimum absolute atomic E-state index is 0.216. The number of hydrogen-bond acceptors (Lipinski definition) is 1. The monoisotopic (exact) mass is 270 g/mol. The molecule has 1 saturated heterocycles. The van der Waals surface area contributed by atoms with Crippen LogP contribution in [0.4, 0.5) is 4.39 Å². The van der Waals surface area contributed by atoms with Crippen LogP contribution >= 0.6 is 15.9 Å². The van der Waals surface area contributed by atoms with Crippen LogP contribution in [0, 0.1) is 5.82 Å². The summed E-state index contributed by atoms with van der Waals surface area (Å²) in [6.45, 7) is 4.40. The molecule has 0 saturated carbocycles. The molecule has 0 radical (unpaired) electrons. The molecule has 0 spiro atoms. The third-order valence-electron chi connectivity index (χ3n) is 2.67. The van der Waals surface area contributed by atoms with E-state index < -0.39 is 5.60 Å². The van der Waals surface area contributed by atoms with Crippen molar-refractivity contribution in [3.05, 3.63) is 47.8 Å². The van der Waals surface area contributed by atoms with Crippen LogP contribution in [0.2, 0.25) is 0 Å². The van der Waals surface area contributed by atoms with Crippen molar-refractivity contribution in [1.29, 1.82) is 0 Å². The summed E-state index contributed by atoms with van der Waals surface area (Å²) in [5.41, 5.74) is 1.06. The van der Waals surface area contributed by atoms with E-state index in [-0.39, 0.29) is 5.82 Å². The van der Waals surface area contributed by atoms with Crippen molar-refractivity contribution in [3.63, 3.8) is 0 Å². The van der Waals surface area contributed by atoms with Crippen LogP contribution in [-0.4, -0.2) is 11.9 Å². The summed E-state index contributed by atoms with van der Waals surface area (Å²) in [6, 6.07) is 6.75. The Morgan fingerprint density at radius 2 is 2.20 bits per heavy atom. The molecule has 0 N–H and O–H groups in total. The van der Waals surface area contributed by atoms with Crippen molar-refractivity contribution >= 4 is 15.9 Å². The highest BCUT2D eigenvalue weighted by Crippen LogP contribution is 2.40. The van der Waals surface area contributed by atoms with E-state index in [1.54, 1.807) is 12.1 Å². The predicted octanol–water partition coefficient (Wildman–Crippen LogP) is 3.39. The van der Waals surface area contributed by atoms with Gasteiger partial charge >= 0.3 is 0 Å². The largest absolute Gasteiger partial charge is 0.365 e. The average Bonchev–Trinajstić information content (AvgIpc) is 2.62. The van der Waals surface area contributed by atoms with E-state index in [9.17, 15) is 4.39 Å². The maximum atomic E-state index is 13.7. The quantitative estimate of drug-likeness (QED) is 0.591. The van der Waals surface area contributed by atoms with Crippen LogP contribution in [-0.2, 0) is 10.3 Å². The van der Waals surface area contributed by atoms with Crippen LogP contribution in [0.15, 0.2) is 36.4 Å². The zero-order valence-corrected chi connectivity index (χ0v) is 9.89. The van der Waals surface area contributed by atoms with Gasteiger partial charge in [-0.3, -0.25) is 0 Å². The number of benzene rings is 1. The molecule has 1 atom stereocenters. The molecule has 1 nitrogen and oxygen atoms in total. The zero-order chi connectivity index (χ0) is 10.9. The molecule has 1 aliphatic heterocycles. The first-order valence-corrected chi connectivity index (χ1v) is 5.92. The van der Waals surface area contributed by atoms with Gasteiger partial charge in [0.05, 0.1) is 6.61 Å². The summed E-state index contributed by atoms with van der Waals surface area (Å²) in [6.07, 6.45) is 0.680. The van der Waals surface area contributed by atoms with Gasteiger partial charge in [-0.2, -0.15) is 0 Å². The molecule has 2 rings (SSSR count). The summed E-state index contributed by atoms with van der Waals surface area (Å²) >= 11 is 3.40. The highest BCUT2D eigenvalue weighted by molar-refractivity contribution is 9.09. The molecule has 1 aliphatic rings. The number of ether oxygens (including phenoxy) is 1. The third kappa shape index (κ3) is 1.86. The van der Waals surface area contributed by atoms with Crippen LogP contribution in [0.5, 0.6) is 0 Å². The van der Waals surface area contributed by atoms with Gasteiger partial charge in [-0.05, 0) is 11.6 Å². The summed E-state index contributed by atoms with van der Waals surface area (Å²) < 4.78 is 19.4. The van der Waals surface area contributed by atoms with Crippen LogP contribution < -0.4 is 0 Å². The Morgan fingerprint density at radius 1 is 1.47 bits per heavy atom. The SMILES string of the molecule is C=C1COC(CBr)(c2ccccc2F)C1. The molecule has 0 aromatic heterocycles. The Morgan fingerprint density at radius 3 is 2.73 bits per heavy atom. The highest BCUT2D eigenvalue weighted by Gasteiger charge is 2.39. The van der Waals surface area contributed by atoms with Crippen LogP contribution in [0.1, 0.15) is 12.0 Å². The topological polar surface area (TPSA) is 9.23 Å². The lowest BCUT2D eigenvalue weighted by Gasteiger charge is -2.26. The molecule has 80 valence electrons. The molecule has 1 unspecified atom stereocenters. The molecule has 1 aromatic carbocycles. The normalized spacial score (nSPS) is 25.9. The summed E-state index contributed by atoms with van der Waals surface area (Å²) in [5.74, 6) is -0.216. The van der Waals surface area contributed by atoms with Crippen LogP contribution in [0.3, 0.4) is 0 Å². The second-order valence-electron chi connectivity index (χ2n) is 3.82. The van der Waals surface area contributed by atoms with Crippen molar-refractivity contribution in [2.45, 2.75) is 12.0 Å². The summed E-state index contributed by atoms with van der Waals surface area (Å²) in [5, 5.41) is 0.583. The van der Waals surface area contributed by atoms with Crippen molar-refractivity contribution in [3.8, 4) is 0 Å². The number of rotatable bonds is 2. The molecule has 1 fully saturated rings. The van der Waals surface area contributed by atoms with E-state index in [2.05, 4.69) is 22.5 Å². The molecule has 1 aromatic rings. The maximum Gasteiger partial charge on any atom is 0.129 e. The van der Waals surface area contributed by atoms with E-state index >= 15 is 0 Å². The standard InChI is InChI=1S/C12H12BrFO/c1-9-6-12(8-13,15-7-9)10-4-2-3-5-11(10)14/h2-5H,1,6-8H2. The fourth-order valence-electron chi connectivity index (χ4n) is 1.91. The minimum Gasteiger partial charge on any atom is -0.365 e. The Kier molecular flexibility index (Phi) is 2.94. The maximum absolute atomic E-state index is 13.7. The van der Waals surface area contributed by atoms with Gasteiger partial charge in [0.1, 0.15) is 11.4 Å². The van der Waals surface area contributed by atoms with Gasteiger partial charge in [0.15, 0.2) is 0 Å². The third-order valence-corrected chi connectivity index (χ3v) is 3.57. The van der Waals surface area contributed by atoms with Crippen molar-refractivity contribution < 1.29 is 9.13 Å². The van der Waals surface area contributed by atoms with Gasteiger partial charge in [0, 0.05) is 17.3 Å². The molecule has 1 heterocycles. The van der Waals surface area contributed by atoms with Gasteiger partial charge in [-0.25, -0.2) is 4.39 Å². The lowest BCUT2D eigenvalue weighted by Crippen LogP contribution is -2.27. The van der Waals surface area contributed by atoms with Gasteiger partial charge in [-0.15, -0.1) is 0 Å². The Bertz CT molecular complexity index is 391. The molecular formula is C12H12BrFO. The minimum atomic E-state index is -0.567.